The molecule has 0 amide bonds. The highest BCUT2D eigenvalue weighted by Gasteiger charge is 2.11. The van der Waals surface area contributed by atoms with Gasteiger partial charge in [-0.15, -0.1) is 11.3 Å². The highest BCUT2D eigenvalue weighted by atomic mass is 32.1. The van der Waals surface area contributed by atoms with Gasteiger partial charge in [0.15, 0.2) is 5.96 Å². The van der Waals surface area contributed by atoms with Gasteiger partial charge in [-0.1, -0.05) is 6.07 Å². The maximum Gasteiger partial charge on any atom is 0.191 e. The number of nitrogens with zero attached hydrogens (tertiary/aromatic N) is 1. The third-order valence-corrected chi connectivity index (χ3v) is 4.52. The van der Waals surface area contributed by atoms with Crippen molar-refractivity contribution in [2.24, 2.45) is 4.99 Å². The molecular weight excluding hydrogens is 313 g/mol. The Labute approximate surface area is 138 Å². The third-order valence-electron chi connectivity index (χ3n) is 3.65. The number of halogens is 1. The molecule has 120 valence electrons. The molecule has 0 aliphatic heterocycles. The molecule has 2 aromatic heterocycles. The van der Waals surface area contributed by atoms with Gasteiger partial charge in [0, 0.05) is 22.9 Å². The fraction of sp³-hybridized carbons (Fsp3) is 0.235. The van der Waals surface area contributed by atoms with Crippen LogP contribution in [0.25, 0.3) is 11.0 Å². The monoisotopic (exact) mass is 331 g/mol. The molecule has 1 aromatic carbocycles. The largest absolute Gasteiger partial charge is 0.459 e. The fourth-order valence-corrected chi connectivity index (χ4v) is 3.03. The summed E-state index contributed by atoms with van der Waals surface area (Å²) in [7, 11) is 1.73. The molecule has 3 rings (SSSR count). The smallest absolute Gasteiger partial charge is 0.191 e. The summed E-state index contributed by atoms with van der Waals surface area (Å²) in [6.45, 7) is 3.15. The Morgan fingerprint density at radius 1 is 1.26 bits per heavy atom. The molecular formula is C17H18FN3OS. The van der Waals surface area contributed by atoms with Crippen LogP contribution in [-0.2, 0) is 13.1 Å². The summed E-state index contributed by atoms with van der Waals surface area (Å²) >= 11 is 1.70. The molecule has 0 fully saturated rings. The number of hydrogen-bond acceptors (Lipinski definition) is 3. The first kappa shape index (κ1) is 15.6. The number of rotatable bonds is 4. The number of guanidine groups is 1. The molecule has 0 bridgehead atoms. The number of fused-ring (bicyclic) bond motifs is 1. The number of aryl methyl sites for hydroxylation is 1. The van der Waals surface area contributed by atoms with Gasteiger partial charge >= 0.3 is 0 Å². The number of aliphatic imine (C=N–C) groups is 1. The topological polar surface area (TPSA) is 49.6 Å². The van der Waals surface area contributed by atoms with E-state index in [1.165, 1.54) is 17.0 Å². The van der Waals surface area contributed by atoms with Crippen LogP contribution >= 0.6 is 11.3 Å². The Kier molecular flexibility index (Phi) is 4.62. The standard InChI is InChI=1S/C17H18FN3OS/c1-11-14-8-12(18)5-6-15(14)22-16(11)10-21-17(19-2)20-9-13-4-3-7-23-13/h3-8H,9-10H2,1-2H3,(H2,19,20,21). The van der Waals surface area contributed by atoms with Crippen LogP contribution in [0.15, 0.2) is 45.1 Å². The summed E-state index contributed by atoms with van der Waals surface area (Å²) in [6.07, 6.45) is 0. The zero-order chi connectivity index (χ0) is 16.2. The molecule has 0 radical (unpaired) electrons. The van der Waals surface area contributed by atoms with E-state index in [9.17, 15) is 4.39 Å². The van der Waals surface area contributed by atoms with Crippen LogP contribution in [0.3, 0.4) is 0 Å². The van der Waals surface area contributed by atoms with E-state index in [1.54, 1.807) is 24.5 Å². The number of nitrogens with one attached hydrogen (secondary N) is 2. The van der Waals surface area contributed by atoms with Crippen molar-refractivity contribution in [3.8, 4) is 0 Å². The van der Waals surface area contributed by atoms with E-state index in [4.69, 9.17) is 4.42 Å². The minimum absolute atomic E-state index is 0.255. The first-order valence-corrected chi connectivity index (χ1v) is 8.20. The first-order chi connectivity index (χ1) is 11.2. The van der Waals surface area contributed by atoms with E-state index < -0.39 is 0 Å². The SMILES string of the molecule is CN=C(NCc1cccs1)NCc1oc2ccc(F)cc2c1C. The van der Waals surface area contributed by atoms with E-state index in [0.717, 1.165) is 23.3 Å². The van der Waals surface area contributed by atoms with Gasteiger partial charge < -0.3 is 15.1 Å². The Hall–Kier alpha value is -2.34. The highest BCUT2D eigenvalue weighted by Crippen LogP contribution is 2.25. The summed E-state index contributed by atoms with van der Waals surface area (Å²) in [5.41, 5.74) is 1.64. The Morgan fingerprint density at radius 2 is 2.09 bits per heavy atom. The van der Waals surface area contributed by atoms with Crippen molar-refractivity contribution in [3.63, 3.8) is 0 Å². The Balaban J connectivity index is 1.66. The van der Waals surface area contributed by atoms with Gasteiger partial charge in [0.25, 0.3) is 0 Å². The average molecular weight is 331 g/mol. The molecule has 3 aromatic rings. The van der Waals surface area contributed by atoms with Crippen molar-refractivity contribution in [2.75, 3.05) is 7.05 Å². The second-order valence-electron chi connectivity index (χ2n) is 5.15. The van der Waals surface area contributed by atoms with Crippen LogP contribution < -0.4 is 10.6 Å². The highest BCUT2D eigenvalue weighted by molar-refractivity contribution is 7.09. The maximum atomic E-state index is 13.3. The molecule has 0 aliphatic rings. The molecule has 4 nitrogen and oxygen atoms in total. The Bertz CT molecular complexity index is 824. The van der Waals surface area contributed by atoms with Gasteiger partial charge in [-0.3, -0.25) is 4.99 Å². The normalized spacial score (nSPS) is 11.9. The second-order valence-corrected chi connectivity index (χ2v) is 6.18. The van der Waals surface area contributed by atoms with E-state index in [0.29, 0.717) is 18.1 Å². The van der Waals surface area contributed by atoms with Crippen LogP contribution in [0.4, 0.5) is 4.39 Å². The predicted octanol–water partition coefficient (Wildman–Crippen LogP) is 3.81. The quantitative estimate of drug-likeness (QED) is 0.565. The van der Waals surface area contributed by atoms with Crippen LogP contribution in [-0.4, -0.2) is 13.0 Å². The predicted molar refractivity (Wildman–Crippen MR) is 92.3 cm³/mol. The summed E-state index contributed by atoms with van der Waals surface area (Å²) in [5, 5.41) is 9.33. The van der Waals surface area contributed by atoms with Crippen LogP contribution in [0.1, 0.15) is 16.2 Å². The number of furan rings is 1. The first-order valence-electron chi connectivity index (χ1n) is 7.32. The number of thiophene rings is 1. The second kappa shape index (κ2) is 6.83. The van der Waals surface area contributed by atoms with Gasteiger partial charge in [-0.2, -0.15) is 0 Å². The van der Waals surface area contributed by atoms with E-state index in [-0.39, 0.29) is 5.82 Å². The van der Waals surface area contributed by atoms with Crippen molar-refractivity contribution in [2.45, 2.75) is 20.0 Å². The van der Waals surface area contributed by atoms with E-state index >= 15 is 0 Å². The molecule has 0 saturated carbocycles. The van der Waals surface area contributed by atoms with Gasteiger partial charge in [-0.25, -0.2) is 4.39 Å². The maximum absolute atomic E-state index is 13.3. The van der Waals surface area contributed by atoms with Gasteiger partial charge in [0.1, 0.15) is 17.2 Å². The van der Waals surface area contributed by atoms with Crippen molar-refractivity contribution >= 4 is 28.3 Å². The summed E-state index contributed by atoms with van der Waals surface area (Å²) in [5.74, 6) is 1.23. The molecule has 6 heteroatoms. The molecule has 0 atom stereocenters. The molecule has 0 spiro atoms. The number of hydrogen-bond donors (Lipinski definition) is 2. The lowest BCUT2D eigenvalue weighted by Crippen LogP contribution is -2.36. The fourth-order valence-electron chi connectivity index (χ4n) is 2.38. The van der Waals surface area contributed by atoms with Gasteiger partial charge in [0.05, 0.1) is 13.1 Å². The Morgan fingerprint density at radius 3 is 2.83 bits per heavy atom. The molecule has 0 aliphatic carbocycles. The molecule has 2 N–H and O–H groups in total. The average Bonchev–Trinajstić information content (AvgIpc) is 3.17. The van der Waals surface area contributed by atoms with E-state index in [1.807, 2.05) is 18.4 Å². The van der Waals surface area contributed by atoms with Gasteiger partial charge in [0.2, 0.25) is 0 Å². The van der Waals surface area contributed by atoms with Crippen LogP contribution in [0.5, 0.6) is 0 Å². The lowest BCUT2D eigenvalue weighted by atomic mass is 10.1. The lowest BCUT2D eigenvalue weighted by Gasteiger charge is -2.10. The summed E-state index contributed by atoms with van der Waals surface area (Å²) in [4.78, 5) is 5.44. The van der Waals surface area contributed by atoms with Crippen molar-refractivity contribution in [1.29, 1.82) is 0 Å². The molecule has 0 saturated heterocycles. The molecule has 2 heterocycles. The summed E-state index contributed by atoms with van der Waals surface area (Å²) < 4.78 is 19.1. The molecule has 0 unspecified atom stereocenters. The molecule has 23 heavy (non-hydrogen) atoms. The van der Waals surface area contributed by atoms with Gasteiger partial charge in [-0.05, 0) is 36.6 Å². The van der Waals surface area contributed by atoms with Crippen molar-refractivity contribution in [1.82, 2.24) is 10.6 Å². The summed E-state index contributed by atoms with van der Waals surface area (Å²) in [6, 6.07) is 8.66. The zero-order valence-electron chi connectivity index (χ0n) is 13.0. The zero-order valence-corrected chi connectivity index (χ0v) is 13.8. The minimum atomic E-state index is -0.255. The minimum Gasteiger partial charge on any atom is -0.459 e. The van der Waals surface area contributed by atoms with Crippen molar-refractivity contribution in [3.05, 3.63) is 57.7 Å². The lowest BCUT2D eigenvalue weighted by molar-refractivity contribution is 0.534. The van der Waals surface area contributed by atoms with Crippen molar-refractivity contribution < 1.29 is 8.81 Å². The van der Waals surface area contributed by atoms with Crippen LogP contribution in [0.2, 0.25) is 0 Å². The third kappa shape index (κ3) is 3.53. The van der Waals surface area contributed by atoms with E-state index in [2.05, 4.69) is 21.7 Å². The number of benzene rings is 1. The van der Waals surface area contributed by atoms with Crippen LogP contribution in [0, 0.1) is 12.7 Å².